The summed E-state index contributed by atoms with van der Waals surface area (Å²) < 4.78 is 0. The standard InChI is InChI=1S/C13H22O3/c1-8(14)12(16)10-7-9(13(2,3)4)5-6-11(10)15/h9-10,12,16H,5-7H2,1-4H3/t9-,10+,12-/m0/s1. The topological polar surface area (TPSA) is 54.4 Å². The highest BCUT2D eigenvalue weighted by atomic mass is 16.3. The molecule has 0 bridgehead atoms. The zero-order valence-electron chi connectivity index (χ0n) is 10.6. The first kappa shape index (κ1) is 13.4. The van der Waals surface area contributed by atoms with Gasteiger partial charge in [-0.2, -0.15) is 0 Å². The highest BCUT2D eigenvalue weighted by molar-refractivity contribution is 5.90. The van der Waals surface area contributed by atoms with Gasteiger partial charge in [0, 0.05) is 6.42 Å². The van der Waals surface area contributed by atoms with E-state index in [-0.39, 0.29) is 17.0 Å². The molecule has 0 radical (unpaired) electrons. The summed E-state index contributed by atoms with van der Waals surface area (Å²) in [6.07, 6.45) is 0.918. The van der Waals surface area contributed by atoms with Crippen molar-refractivity contribution in [2.24, 2.45) is 17.3 Å². The van der Waals surface area contributed by atoms with Gasteiger partial charge in [0.15, 0.2) is 5.78 Å². The first-order chi connectivity index (χ1) is 7.23. The van der Waals surface area contributed by atoms with Crippen molar-refractivity contribution in [1.82, 2.24) is 0 Å². The minimum Gasteiger partial charge on any atom is -0.385 e. The first-order valence-corrected chi connectivity index (χ1v) is 5.94. The maximum absolute atomic E-state index is 11.7. The number of ketones is 2. The lowest BCUT2D eigenvalue weighted by Gasteiger charge is -2.37. The summed E-state index contributed by atoms with van der Waals surface area (Å²) in [4.78, 5) is 22.8. The fraction of sp³-hybridized carbons (Fsp3) is 0.846. The van der Waals surface area contributed by atoms with Crippen molar-refractivity contribution in [2.45, 2.75) is 53.1 Å². The minimum absolute atomic E-state index is 0.0446. The second kappa shape index (κ2) is 4.66. The van der Waals surface area contributed by atoms with Gasteiger partial charge < -0.3 is 5.11 Å². The van der Waals surface area contributed by atoms with Gasteiger partial charge in [0.1, 0.15) is 11.9 Å². The van der Waals surface area contributed by atoms with Crippen LogP contribution >= 0.6 is 0 Å². The Labute approximate surface area is 97.2 Å². The van der Waals surface area contributed by atoms with E-state index >= 15 is 0 Å². The van der Waals surface area contributed by atoms with Crippen LogP contribution in [-0.4, -0.2) is 22.8 Å². The molecular formula is C13H22O3. The molecule has 0 amide bonds. The number of hydrogen-bond donors (Lipinski definition) is 1. The van der Waals surface area contributed by atoms with Crippen LogP contribution in [0.3, 0.4) is 0 Å². The average Bonchev–Trinajstić information content (AvgIpc) is 2.15. The SMILES string of the molecule is CC(=O)[C@H](O)[C@@H]1C[C@@H](C(C)(C)C)CCC1=O. The minimum atomic E-state index is -1.10. The lowest BCUT2D eigenvalue weighted by molar-refractivity contribution is -0.139. The van der Waals surface area contributed by atoms with Gasteiger partial charge in [-0.15, -0.1) is 0 Å². The van der Waals surface area contributed by atoms with Crippen LogP contribution in [-0.2, 0) is 9.59 Å². The molecule has 0 saturated heterocycles. The third kappa shape index (κ3) is 2.91. The molecule has 0 aromatic rings. The molecule has 0 aromatic heterocycles. The van der Waals surface area contributed by atoms with Gasteiger partial charge in [0.2, 0.25) is 0 Å². The van der Waals surface area contributed by atoms with Crippen LogP contribution in [0.15, 0.2) is 0 Å². The van der Waals surface area contributed by atoms with Crippen molar-refractivity contribution < 1.29 is 14.7 Å². The predicted molar refractivity (Wildman–Crippen MR) is 62.0 cm³/mol. The van der Waals surface area contributed by atoms with E-state index in [2.05, 4.69) is 20.8 Å². The molecule has 0 unspecified atom stereocenters. The van der Waals surface area contributed by atoms with E-state index in [0.29, 0.717) is 18.8 Å². The predicted octanol–water partition coefficient (Wildman–Crippen LogP) is 1.97. The summed E-state index contributed by atoms with van der Waals surface area (Å²) in [6.45, 7) is 7.78. The van der Waals surface area contributed by atoms with E-state index in [9.17, 15) is 14.7 Å². The number of aliphatic hydroxyl groups is 1. The molecule has 1 N–H and O–H groups in total. The van der Waals surface area contributed by atoms with E-state index in [1.807, 2.05) is 0 Å². The fourth-order valence-corrected chi connectivity index (χ4v) is 2.43. The number of carbonyl (C=O) groups is 2. The summed E-state index contributed by atoms with van der Waals surface area (Å²) in [5, 5.41) is 9.73. The summed E-state index contributed by atoms with van der Waals surface area (Å²) in [7, 11) is 0. The number of carbonyl (C=O) groups excluding carboxylic acids is 2. The molecule has 0 spiro atoms. The molecule has 1 rings (SSSR count). The molecule has 0 aromatic carbocycles. The molecule has 1 aliphatic rings. The van der Waals surface area contributed by atoms with Crippen molar-refractivity contribution in [2.75, 3.05) is 0 Å². The maximum atomic E-state index is 11.7. The summed E-state index contributed by atoms with van der Waals surface area (Å²) in [5.74, 6) is -0.323. The van der Waals surface area contributed by atoms with E-state index in [1.165, 1.54) is 6.92 Å². The molecule has 0 heterocycles. The second-order valence-corrected chi connectivity index (χ2v) is 5.97. The highest BCUT2D eigenvalue weighted by Gasteiger charge is 2.39. The van der Waals surface area contributed by atoms with E-state index in [0.717, 1.165) is 6.42 Å². The highest BCUT2D eigenvalue weighted by Crippen LogP contribution is 2.39. The third-order valence-electron chi connectivity index (χ3n) is 3.71. The van der Waals surface area contributed by atoms with Crippen molar-refractivity contribution in [3.8, 4) is 0 Å². The van der Waals surface area contributed by atoms with E-state index in [4.69, 9.17) is 0 Å². The lowest BCUT2D eigenvalue weighted by atomic mass is 9.67. The van der Waals surface area contributed by atoms with Crippen molar-refractivity contribution in [3.63, 3.8) is 0 Å². The molecule has 1 saturated carbocycles. The molecule has 3 nitrogen and oxygen atoms in total. The van der Waals surface area contributed by atoms with Crippen molar-refractivity contribution >= 4 is 11.6 Å². The van der Waals surface area contributed by atoms with Crippen LogP contribution in [0.4, 0.5) is 0 Å². The zero-order chi connectivity index (χ0) is 12.5. The number of rotatable bonds is 2. The molecule has 0 aliphatic heterocycles. The second-order valence-electron chi connectivity index (χ2n) is 5.97. The van der Waals surface area contributed by atoms with Gasteiger partial charge in [0.05, 0.1) is 5.92 Å². The number of hydrogen-bond acceptors (Lipinski definition) is 3. The van der Waals surface area contributed by atoms with Gasteiger partial charge in [-0.1, -0.05) is 20.8 Å². The number of Topliss-reactive ketones (excluding diaryl/α,β-unsaturated/α-hetero) is 2. The Balaban J connectivity index is 2.77. The van der Waals surface area contributed by atoms with Gasteiger partial charge in [-0.05, 0) is 31.1 Å². The quantitative estimate of drug-likeness (QED) is 0.783. The van der Waals surface area contributed by atoms with Crippen LogP contribution in [0.2, 0.25) is 0 Å². The molecular weight excluding hydrogens is 204 g/mol. The van der Waals surface area contributed by atoms with Crippen LogP contribution in [0.1, 0.15) is 47.0 Å². The van der Waals surface area contributed by atoms with Crippen LogP contribution in [0, 0.1) is 17.3 Å². The molecule has 16 heavy (non-hydrogen) atoms. The Bertz CT molecular complexity index is 288. The number of aliphatic hydroxyl groups excluding tert-OH is 1. The molecule has 3 atom stereocenters. The molecule has 1 fully saturated rings. The van der Waals surface area contributed by atoms with Crippen LogP contribution in [0.5, 0.6) is 0 Å². The first-order valence-electron chi connectivity index (χ1n) is 5.94. The Morgan fingerprint density at radius 1 is 1.44 bits per heavy atom. The third-order valence-corrected chi connectivity index (χ3v) is 3.71. The Morgan fingerprint density at radius 3 is 2.44 bits per heavy atom. The van der Waals surface area contributed by atoms with Crippen molar-refractivity contribution in [1.29, 1.82) is 0 Å². The van der Waals surface area contributed by atoms with E-state index in [1.54, 1.807) is 0 Å². The van der Waals surface area contributed by atoms with Gasteiger partial charge >= 0.3 is 0 Å². The molecule has 3 heteroatoms. The Morgan fingerprint density at radius 2 is 2.00 bits per heavy atom. The van der Waals surface area contributed by atoms with Crippen LogP contribution < -0.4 is 0 Å². The lowest BCUT2D eigenvalue weighted by Crippen LogP contribution is -2.40. The fourth-order valence-electron chi connectivity index (χ4n) is 2.43. The van der Waals surface area contributed by atoms with Crippen LogP contribution in [0.25, 0.3) is 0 Å². The Hall–Kier alpha value is -0.700. The summed E-state index contributed by atoms with van der Waals surface area (Å²) >= 11 is 0. The largest absolute Gasteiger partial charge is 0.385 e. The normalized spacial score (nSPS) is 28.9. The Kier molecular flexibility index (Phi) is 3.89. The monoisotopic (exact) mass is 226 g/mol. The van der Waals surface area contributed by atoms with Gasteiger partial charge in [-0.25, -0.2) is 0 Å². The van der Waals surface area contributed by atoms with Crippen molar-refractivity contribution in [3.05, 3.63) is 0 Å². The van der Waals surface area contributed by atoms with E-state index < -0.39 is 12.0 Å². The summed E-state index contributed by atoms with van der Waals surface area (Å²) in [5.41, 5.74) is 0.134. The van der Waals surface area contributed by atoms with Gasteiger partial charge in [0.25, 0.3) is 0 Å². The summed E-state index contributed by atoms with van der Waals surface area (Å²) in [6, 6.07) is 0. The maximum Gasteiger partial charge on any atom is 0.158 e. The smallest absolute Gasteiger partial charge is 0.158 e. The molecule has 92 valence electrons. The van der Waals surface area contributed by atoms with Gasteiger partial charge in [-0.3, -0.25) is 9.59 Å². The zero-order valence-corrected chi connectivity index (χ0v) is 10.6. The molecule has 1 aliphatic carbocycles. The average molecular weight is 226 g/mol.